The molecule has 8 heteroatoms. The minimum atomic E-state index is -3.47. The molecule has 1 aromatic carbocycles. The predicted molar refractivity (Wildman–Crippen MR) is 126 cm³/mol. The van der Waals surface area contributed by atoms with Crippen molar-refractivity contribution >= 4 is 20.9 Å². The summed E-state index contributed by atoms with van der Waals surface area (Å²) in [5.41, 5.74) is 8.11. The van der Waals surface area contributed by atoms with Crippen LogP contribution in [0.15, 0.2) is 53.2 Å². The highest BCUT2D eigenvalue weighted by Crippen LogP contribution is 2.36. The second kappa shape index (κ2) is 8.77. The fraction of sp³-hybridized carbons (Fsp3) is 0.375. The lowest BCUT2D eigenvalue weighted by atomic mass is 10.0. The van der Waals surface area contributed by atoms with Crippen molar-refractivity contribution < 1.29 is 17.9 Å². The Bertz CT molecular complexity index is 1290. The zero-order valence-corrected chi connectivity index (χ0v) is 19.9. The van der Waals surface area contributed by atoms with Crippen molar-refractivity contribution in [3.8, 4) is 11.1 Å². The maximum Gasteiger partial charge on any atom is 0.180 e. The van der Waals surface area contributed by atoms with E-state index in [0.717, 1.165) is 5.69 Å². The molecular formula is C24H30FN3O3S. The highest BCUT2D eigenvalue weighted by atomic mass is 32.2. The largest absolute Gasteiger partial charge is 0.384 e. The molecule has 32 heavy (non-hydrogen) atoms. The van der Waals surface area contributed by atoms with Gasteiger partial charge in [-0.3, -0.25) is 0 Å². The summed E-state index contributed by atoms with van der Waals surface area (Å²) < 4.78 is 41.7. The van der Waals surface area contributed by atoms with Gasteiger partial charge in [0.25, 0.3) is 0 Å². The number of allylic oxidation sites excluding steroid dienone is 1. The molecule has 0 fully saturated rings. The Hall–Kier alpha value is -2.55. The number of rotatable bonds is 7. The van der Waals surface area contributed by atoms with E-state index in [1.807, 2.05) is 13.0 Å². The van der Waals surface area contributed by atoms with Gasteiger partial charge in [-0.15, -0.1) is 0 Å². The minimum Gasteiger partial charge on any atom is -0.384 e. The number of pyridine rings is 1. The van der Waals surface area contributed by atoms with Gasteiger partial charge in [-0.1, -0.05) is 12.1 Å². The molecule has 0 atom stereocenters. The molecule has 2 aromatic heterocycles. The van der Waals surface area contributed by atoms with E-state index >= 15 is 0 Å². The molecule has 0 spiro atoms. The van der Waals surface area contributed by atoms with Crippen LogP contribution in [0.1, 0.15) is 39.1 Å². The van der Waals surface area contributed by atoms with E-state index < -0.39 is 20.7 Å². The van der Waals surface area contributed by atoms with Crippen LogP contribution >= 0.6 is 0 Å². The monoisotopic (exact) mass is 459 g/mol. The summed E-state index contributed by atoms with van der Waals surface area (Å²) in [5, 5.41) is 9.92. The number of sulfone groups is 1. The summed E-state index contributed by atoms with van der Waals surface area (Å²) in [6.07, 6.45) is 1.32. The van der Waals surface area contributed by atoms with Gasteiger partial charge in [-0.05, 0) is 70.5 Å². The smallest absolute Gasteiger partial charge is 0.180 e. The molecule has 0 radical (unpaired) electrons. The van der Waals surface area contributed by atoms with Crippen LogP contribution in [0.5, 0.6) is 0 Å². The number of aliphatic hydroxyl groups is 1. The number of halogens is 1. The molecule has 172 valence electrons. The zero-order chi connectivity index (χ0) is 23.8. The Labute approximate surface area is 188 Å². The van der Waals surface area contributed by atoms with Gasteiger partial charge in [-0.2, -0.15) is 0 Å². The molecule has 6 nitrogen and oxygen atoms in total. The summed E-state index contributed by atoms with van der Waals surface area (Å²) in [6.45, 7) is 8.49. The first-order chi connectivity index (χ1) is 14.9. The molecule has 0 aliphatic heterocycles. The van der Waals surface area contributed by atoms with Crippen LogP contribution < -0.4 is 5.73 Å². The van der Waals surface area contributed by atoms with Crippen molar-refractivity contribution in [2.75, 3.05) is 6.54 Å². The highest BCUT2D eigenvalue weighted by molar-refractivity contribution is 7.92. The summed E-state index contributed by atoms with van der Waals surface area (Å²) in [7, 11) is -3.47. The molecular weight excluding hydrogens is 429 g/mol. The fourth-order valence-electron chi connectivity index (χ4n) is 3.67. The lowest BCUT2D eigenvalue weighted by Gasteiger charge is -2.16. The Morgan fingerprint density at radius 3 is 2.56 bits per heavy atom. The van der Waals surface area contributed by atoms with Crippen LogP contribution in [0.3, 0.4) is 0 Å². The molecule has 3 aromatic rings. The molecule has 0 aliphatic carbocycles. The van der Waals surface area contributed by atoms with Crippen molar-refractivity contribution in [3.63, 3.8) is 0 Å². The van der Waals surface area contributed by atoms with Crippen molar-refractivity contribution in [2.45, 2.75) is 56.9 Å². The Kier molecular flexibility index (Phi) is 6.60. The van der Waals surface area contributed by atoms with E-state index in [2.05, 4.69) is 0 Å². The molecule has 0 saturated carbocycles. The second-order valence-electron chi connectivity index (χ2n) is 8.68. The number of hydrogen-bond donors (Lipinski definition) is 2. The quantitative estimate of drug-likeness (QED) is 0.551. The number of hydrogen-bond acceptors (Lipinski definition) is 5. The van der Waals surface area contributed by atoms with Crippen LogP contribution in [0.2, 0.25) is 0 Å². The van der Waals surface area contributed by atoms with Crippen molar-refractivity contribution in [2.24, 2.45) is 5.73 Å². The molecule has 3 N–H and O–H groups in total. The highest BCUT2D eigenvalue weighted by Gasteiger charge is 2.25. The number of fused-ring (bicyclic) bond motifs is 1. The maximum atomic E-state index is 14.4. The van der Waals surface area contributed by atoms with Crippen LogP contribution in [-0.2, 0) is 22.0 Å². The normalized spacial score (nSPS) is 13.3. The summed E-state index contributed by atoms with van der Waals surface area (Å²) in [6, 6.07) is 10.2. The van der Waals surface area contributed by atoms with Crippen LogP contribution in [0, 0.1) is 6.92 Å². The van der Waals surface area contributed by atoms with E-state index in [0.29, 0.717) is 27.9 Å². The molecule has 0 unspecified atom stereocenters. The van der Waals surface area contributed by atoms with Crippen molar-refractivity contribution in [1.82, 2.24) is 9.55 Å². The average molecular weight is 460 g/mol. The molecule has 2 heterocycles. The van der Waals surface area contributed by atoms with Gasteiger partial charge >= 0.3 is 0 Å². The first kappa shape index (κ1) is 24.1. The van der Waals surface area contributed by atoms with E-state index in [-0.39, 0.29) is 23.8 Å². The van der Waals surface area contributed by atoms with Crippen LogP contribution in [0.25, 0.3) is 22.2 Å². The van der Waals surface area contributed by atoms with Gasteiger partial charge in [0.15, 0.2) is 9.84 Å². The van der Waals surface area contributed by atoms with Crippen molar-refractivity contribution in [1.29, 1.82) is 0 Å². The molecule has 0 saturated heterocycles. The van der Waals surface area contributed by atoms with Crippen molar-refractivity contribution in [3.05, 3.63) is 59.7 Å². The third kappa shape index (κ3) is 4.48. The van der Waals surface area contributed by atoms with E-state index in [9.17, 15) is 17.9 Å². The zero-order valence-electron chi connectivity index (χ0n) is 19.1. The summed E-state index contributed by atoms with van der Waals surface area (Å²) in [5.74, 6) is -0.373. The lowest BCUT2D eigenvalue weighted by Crippen LogP contribution is -2.17. The van der Waals surface area contributed by atoms with Gasteiger partial charge in [0.2, 0.25) is 0 Å². The number of nitrogens with zero attached hydrogens (tertiary/aromatic N) is 2. The molecule has 0 bridgehead atoms. The summed E-state index contributed by atoms with van der Waals surface area (Å²) in [4.78, 5) is 4.92. The Balaban J connectivity index is 2.33. The van der Waals surface area contributed by atoms with E-state index in [1.165, 1.54) is 6.08 Å². The minimum absolute atomic E-state index is 0.0208. The number of benzene rings is 1. The standard InChI is InChI=1S/C24H30FN3O3S/c1-15(2)32(30,31)19-8-6-7-17(13-19)22-16(3)28(14-18(25)11-12-26)20-9-10-21(24(4,5)29)27-23(20)22/h6-11,13,15,29H,12,14,26H2,1-5H3. The third-order valence-electron chi connectivity index (χ3n) is 5.52. The van der Waals surface area contributed by atoms with Crippen LogP contribution in [0.4, 0.5) is 4.39 Å². The lowest BCUT2D eigenvalue weighted by molar-refractivity contribution is 0.0742. The van der Waals surface area contributed by atoms with Gasteiger partial charge in [0.1, 0.15) is 11.4 Å². The van der Waals surface area contributed by atoms with E-state index in [1.54, 1.807) is 62.6 Å². The SMILES string of the molecule is Cc1c(-c2cccc(S(=O)(=O)C(C)C)c2)c2nc(C(C)(C)O)ccc2n1CC(F)=CCN. The predicted octanol–water partition coefficient (Wildman–Crippen LogP) is 4.23. The van der Waals surface area contributed by atoms with E-state index in [4.69, 9.17) is 10.7 Å². The molecule has 0 amide bonds. The molecule has 0 aliphatic rings. The first-order valence-electron chi connectivity index (χ1n) is 10.5. The summed E-state index contributed by atoms with van der Waals surface area (Å²) >= 11 is 0. The topological polar surface area (TPSA) is 98.2 Å². The van der Waals surface area contributed by atoms with Gasteiger partial charge in [0.05, 0.1) is 33.4 Å². The Morgan fingerprint density at radius 1 is 1.28 bits per heavy atom. The number of nitrogens with two attached hydrogens (primary N) is 1. The molecule has 3 rings (SSSR count). The second-order valence-corrected chi connectivity index (χ2v) is 11.2. The first-order valence-corrected chi connectivity index (χ1v) is 12.0. The number of aromatic nitrogens is 2. The van der Waals surface area contributed by atoms with Gasteiger partial charge in [-0.25, -0.2) is 17.8 Å². The Morgan fingerprint density at radius 2 is 1.97 bits per heavy atom. The van der Waals surface area contributed by atoms with Gasteiger partial charge < -0.3 is 15.4 Å². The van der Waals surface area contributed by atoms with Gasteiger partial charge in [0, 0.05) is 17.8 Å². The maximum absolute atomic E-state index is 14.4. The van der Waals surface area contributed by atoms with Crippen LogP contribution in [-0.4, -0.2) is 34.9 Å². The third-order valence-corrected chi connectivity index (χ3v) is 7.67. The average Bonchev–Trinajstić information content (AvgIpc) is 2.98. The fourth-order valence-corrected chi connectivity index (χ4v) is 4.78.